The monoisotopic (exact) mass is 684 g/mol. The van der Waals surface area contributed by atoms with Crippen LogP contribution in [0.4, 0.5) is 0 Å². The molecule has 1 aliphatic rings. The molecule has 0 spiro atoms. The van der Waals surface area contributed by atoms with Crippen LogP contribution in [0.3, 0.4) is 0 Å². The van der Waals surface area contributed by atoms with E-state index in [1.165, 1.54) is 73.3 Å². The van der Waals surface area contributed by atoms with Crippen LogP contribution in [0.25, 0.3) is 88.1 Å². The van der Waals surface area contributed by atoms with Crippen molar-refractivity contribution >= 4 is 65.6 Å². The Hall–Kier alpha value is -6.06. The van der Waals surface area contributed by atoms with E-state index in [1.807, 2.05) is 6.07 Å². The number of nitrogens with zero attached hydrogens (tertiary/aromatic N) is 2. The number of hydrogen-bond acceptors (Lipinski definition) is 1. The first-order valence-corrected chi connectivity index (χ1v) is 18.9. The van der Waals surface area contributed by atoms with E-state index in [2.05, 4.69) is 176 Å². The Labute approximate surface area is 308 Å². The highest BCUT2D eigenvalue weighted by molar-refractivity contribution is 6.24. The largest absolute Gasteiger partial charge is 0.455 e. The van der Waals surface area contributed by atoms with Crippen LogP contribution >= 0.6 is 0 Å². The average Bonchev–Trinajstić information content (AvgIpc) is 3.84. The summed E-state index contributed by atoms with van der Waals surface area (Å²) in [7, 11) is 0. The molecule has 10 aromatic rings. The van der Waals surface area contributed by atoms with Gasteiger partial charge in [0.15, 0.2) is 0 Å². The van der Waals surface area contributed by atoms with Crippen molar-refractivity contribution in [1.29, 1.82) is 0 Å². The third-order valence-electron chi connectivity index (χ3n) is 12.4. The summed E-state index contributed by atoms with van der Waals surface area (Å²) < 4.78 is 11.6. The minimum atomic E-state index is 0.102. The van der Waals surface area contributed by atoms with Crippen molar-refractivity contribution in [3.63, 3.8) is 0 Å². The summed E-state index contributed by atoms with van der Waals surface area (Å²) in [6, 6.07) is 53.5. The smallest absolute Gasteiger partial charge is 0.143 e. The lowest BCUT2D eigenvalue weighted by Gasteiger charge is -2.42. The van der Waals surface area contributed by atoms with Gasteiger partial charge in [0.05, 0.1) is 22.1 Å². The van der Waals surface area contributed by atoms with Crippen LogP contribution in [0.15, 0.2) is 150 Å². The topological polar surface area (TPSA) is 23.0 Å². The van der Waals surface area contributed by atoms with Gasteiger partial charge in [0.2, 0.25) is 0 Å². The summed E-state index contributed by atoms with van der Waals surface area (Å²) in [6.07, 6.45) is 2.37. The molecule has 0 N–H and O–H groups in total. The van der Waals surface area contributed by atoms with Crippen molar-refractivity contribution in [2.24, 2.45) is 0 Å². The fourth-order valence-corrected chi connectivity index (χ4v) is 9.51. The molecule has 3 heterocycles. The van der Waals surface area contributed by atoms with Gasteiger partial charge >= 0.3 is 0 Å². The highest BCUT2D eigenvalue weighted by atomic mass is 16.3. The molecular formula is C50H40N2O. The minimum Gasteiger partial charge on any atom is -0.455 e. The highest BCUT2D eigenvalue weighted by Crippen LogP contribution is 2.50. The fraction of sp³-hybridized carbons (Fsp3) is 0.160. The molecule has 0 saturated carbocycles. The van der Waals surface area contributed by atoms with Crippen molar-refractivity contribution in [1.82, 2.24) is 9.13 Å². The van der Waals surface area contributed by atoms with Gasteiger partial charge in [-0.3, -0.25) is 0 Å². The summed E-state index contributed by atoms with van der Waals surface area (Å²) in [5, 5.41) is 7.39. The number of fused-ring (bicyclic) bond motifs is 11. The van der Waals surface area contributed by atoms with E-state index in [1.54, 1.807) is 0 Å². The lowest BCUT2D eigenvalue weighted by Crippen LogP contribution is -2.33. The fourth-order valence-electron chi connectivity index (χ4n) is 9.51. The number of aromatic nitrogens is 2. The Morgan fingerprint density at radius 2 is 1.06 bits per heavy atom. The standard InChI is InChI=1S/C50H40N2O/c1-49(2)26-27-50(3,4)42-30-44-40(29-41(42)49)38-25-24-37-35-18-8-10-22-43(35)52(46(37)47(38)51(44)32-15-6-5-7-16-32)33-17-12-14-31(28-33)34-20-13-21-39-36-19-9-11-23-45(36)53-48(34)39/h5-25,28-30H,26-27H2,1-4H3. The zero-order valence-electron chi connectivity index (χ0n) is 30.6. The number of hydrogen-bond donors (Lipinski definition) is 0. The molecule has 0 aliphatic heterocycles. The quantitative estimate of drug-likeness (QED) is 0.182. The first-order chi connectivity index (χ1) is 25.8. The van der Waals surface area contributed by atoms with Crippen molar-refractivity contribution in [2.75, 3.05) is 0 Å². The third-order valence-corrected chi connectivity index (χ3v) is 12.4. The van der Waals surface area contributed by atoms with Crippen molar-refractivity contribution < 1.29 is 4.42 Å². The second-order valence-corrected chi connectivity index (χ2v) is 16.4. The maximum Gasteiger partial charge on any atom is 0.143 e. The SMILES string of the molecule is CC1(C)CCC(C)(C)c2cc3c(cc21)c1ccc2c4ccccc4n(-c4cccc(-c5cccc6c5oc5ccccc56)c4)c2c1n3-c1ccccc1. The number of benzene rings is 7. The Morgan fingerprint density at radius 3 is 1.85 bits per heavy atom. The van der Waals surface area contributed by atoms with E-state index in [-0.39, 0.29) is 10.8 Å². The summed E-state index contributed by atoms with van der Waals surface area (Å²) in [5.74, 6) is 0. The predicted molar refractivity (Wildman–Crippen MR) is 223 cm³/mol. The van der Waals surface area contributed by atoms with Crippen LogP contribution in [0.1, 0.15) is 51.7 Å². The van der Waals surface area contributed by atoms with E-state index in [4.69, 9.17) is 4.42 Å². The zero-order valence-corrected chi connectivity index (χ0v) is 30.6. The maximum absolute atomic E-state index is 6.53. The summed E-state index contributed by atoms with van der Waals surface area (Å²) in [6.45, 7) is 9.71. The van der Waals surface area contributed by atoms with Crippen molar-refractivity contribution in [2.45, 2.75) is 51.4 Å². The van der Waals surface area contributed by atoms with Gasteiger partial charge in [0.1, 0.15) is 11.2 Å². The molecule has 256 valence electrons. The molecule has 0 amide bonds. The Balaban J connectivity index is 1.27. The average molecular weight is 685 g/mol. The van der Waals surface area contributed by atoms with Gasteiger partial charge in [0.25, 0.3) is 0 Å². The van der Waals surface area contributed by atoms with Crippen molar-refractivity contribution in [3.8, 4) is 22.5 Å². The van der Waals surface area contributed by atoms with Crippen LogP contribution in [-0.2, 0) is 10.8 Å². The third kappa shape index (κ3) is 4.28. The maximum atomic E-state index is 6.53. The minimum absolute atomic E-state index is 0.102. The lowest BCUT2D eigenvalue weighted by molar-refractivity contribution is 0.332. The van der Waals surface area contributed by atoms with E-state index in [9.17, 15) is 0 Å². The molecule has 0 fully saturated rings. The molecule has 3 nitrogen and oxygen atoms in total. The van der Waals surface area contributed by atoms with Gasteiger partial charge in [-0.25, -0.2) is 0 Å². The number of rotatable bonds is 3. The predicted octanol–water partition coefficient (Wildman–Crippen LogP) is 13.8. The van der Waals surface area contributed by atoms with Crippen molar-refractivity contribution in [3.05, 3.63) is 157 Å². The molecule has 53 heavy (non-hydrogen) atoms. The molecule has 11 rings (SSSR count). The molecule has 3 aromatic heterocycles. The van der Waals surface area contributed by atoms with E-state index >= 15 is 0 Å². The number of para-hydroxylation sites is 4. The summed E-state index contributed by atoms with van der Waals surface area (Å²) in [5.41, 5.74) is 14.5. The van der Waals surface area contributed by atoms with Crippen LogP contribution < -0.4 is 0 Å². The van der Waals surface area contributed by atoms with Gasteiger partial charge in [-0.15, -0.1) is 0 Å². The molecular weight excluding hydrogens is 645 g/mol. The molecule has 0 unspecified atom stereocenters. The number of furan rings is 1. The first kappa shape index (κ1) is 30.6. The second-order valence-electron chi connectivity index (χ2n) is 16.4. The van der Waals surface area contributed by atoms with E-state index < -0.39 is 0 Å². The lowest BCUT2D eigenvalue weighted by atomic mass is 9.63. The zero-order chi connectivity index (χ0) is 35.6. The molecule has 1 aliphatic carbocycles. The Bertz CT molecular complexity index is 3110. The van der Waals surface area contributed by atoms with Crippen LogP contribution in [0.2, 0.25) is 0 Å². The Kier molecular flexibility index (Phi) is 6.19. The molecule has 0 radical (unpaired) electrons. The molecule has 0 atom stereocenters. The second kappa shape index (κ2) is 10.7. The molecule has 0 saturated heterocycles. The molecule has 0 bridgehead atoms. The molecule has 7 aromatic carbocycles. The van der Waals surface area contributed by atoms with Gasteiger partial charge in [-0.05, 0) is 88.9 Å². The van der Waals surface area contributed by atoms with E-state index in [0.717, 1.165) is 38.8 Å². The summed E-state index contributed by atoms with van der Waals surface area (Å²) in [4.78, 5) is 0. The van der Waals surface area contributed by atoms with Crippen LogP contribution in [-0.4, -0.2) is 9.13 Å². The van der Waals surface area contributed by atoms with Gasteiger partial charge in [0, 0.05) is 49.3 Å². The van der Waals surface area contributed by atoms with Crippen LogP contribution in [0, 0.1) is 0 Å². The van der Waals surface area contributed by atoms with E-state index in [0.29, 0.717) is 0 Å². The first-order valence-electron chi connectivity index (χ1n) is 18.9. The normalized spacial score (nSPS) is 15.3. The van der Waals surface area contributed by atoms with Gasteiger partial charge in [-0.2, -0.15) is 0 Å². The highest BCUT2D eigenvalue weighted by Gasteiger charge is 2.38. The van der Waals surface area contributed by atoms with Crippen LogP contribution in [0.5, 0.6) is 0 Å². The van der Waals surface area contributed by atoms with Gasteiger partial charge in [-0.1, -0.05) is 125 Å². The van der Waals surface area contributed by atoms with Gasteiger partial charge < -0.3 is 13.6 Å². The Morgan fingerprint density at radius 1 is 0.453 bits per heavy atom. The molecule has 3 heteroatoms. The summed E-state index contributed by atoms with van der Waals surface area (Å²) >= 11 is 0.